The number of likely N-dealkylation sites (tertiary alicyclic amines) is 1. The largest absolute Gasteiger partial charge is 0.387 e. The summed E-state index contributed by atoms with van der Waals surface area (Å²) in [5.74, 6) is 0.816. The average Bonchev–Trinajstić information content (AvgIpc) is 2.86. The van der Waals surface area contributed by atoms with Gasteiger partial charge in [0.1, 0.15) is 0 Å². The molecule has 0 aromatic heterocycles. The van der Waals surface area contributed by atoms with E-state index in [0.717, 1.165) is 36.7 Å². The van der Waals surface area contributed by atoms with Crippen LogP contribution in [0.5, 0.6) is 0 Å². The van der Waals surface area contributed by atoms with Crippen LogP contribution in [0.4, 0.5) is 0 Å². The number of hydrogen-bond donors (Lipinski definition) is 2. The zero-order valence-electron chi connectivity index (χ0n) is 11.2. The van der Waals surface area contributed by atoms with Crippen LogP contribution in [0.15, 0.2) is 24.3 Å². The van der Waals surface area contributed by atoms with Gasteiger partial charge in [0.2, 0.25) is 0 Å². The molecule has 100 valence electrons. The molecule has 1 aromatic rings. The molecule has 1 aromatic carbocycles. The summed E-state index contributed by atoms with van der Waals surface area (Å²) in [5.41, 5.74) is 7.67. The van der Waals surface area contributed by atoms with Gasteiger partial charge in [-0.1, -0.05) is 37.6 Å². The maximum absolute atomic E-state index is 10.2. The molecule has 0 bridgehead atoms. The Bertz CT molecular complexity index is 363. The molecule has 0 radical (unpaired) electrons. The predicted molar refractivity (Wildman–Crippen MR) is 74.1 cm³/mol. The number of aliphatic hydroxyl groups excluding tert-OH is 1. The Morgan fingerprint density at radius 2 is 2.11 bits per heavy atom. The van der Waals surface area contributed by atoms with Gasteiger partial charge in [0.25, 0.3) is 0 Å². The number of nitrogens with two attached hydrogens (primary N) is 1. The SMILES string of the molecule is CCC1CCN(CC(O)c2ccc(CN)cc2)C1. The van der Waals surface area contributed by atoms with Gasteiger partial charge in [-0.2, -0.15) is 0 Å². The molecule has 1 heterocycles. The molecule has 3 nitrogen and oxygen atoms in total. The quantitative estimate of drug-likeness (QED) is 0.837. The molecule has 1 aliphatic heterocycles. The van der Waals surface area contributed by atoms with E-state index in [1.807, 2.05) is 24.3 Å². The van der Waals surface area contributed by atoms with Crippen molar-refractivity contribution < 1.29 is 5.11 Å². The molecule has 1 aliphatic rings. The Labute approximate surface area is 110 Å². The van der Waals surface area contributed by atoms with E-state index in [2.05, 4.69) is 11.8 Å². The van der Waals surface area contributed by atoms with Crippen molar-refractivity contribution >= 4 is 0 Å². The molecule has 1 fully saturated rings. The summed E-state index contributed by atoms with van der Waals surface area (Å²) in [6, 6.07) is 7.97. The third kappa shape index (κ3) is 3.31. The summed E-state index contributed by atoms with van der Waals surface area (Å²) in [7, 11) is 0. The fourth-order valence-corrected chi connectivity index (χ4v) is 2.64. The molecular formula is C15H24N2O. The van der Waals surface area contributed by atoms with Gasteiger partial charge in [-0.05, 0) is 30.0 Å². The van der Waals surface area contributed by atoms with Crippen LogP contribution in [-0.2, 0) is 6.54 Å². The Morgan fingerprint density at radius 1 is 1.39 bits per heavy atom. The molecule has 1 saturated heterocycles. The zero-order valence-corrected chi connectivity index (χ0v) is 11.2. The van der Waals surface area contributed by atoms with Gasteiger partial charge in [-0.15, -0.1) is 0 Å². The minimum atomic E-state index is -0.382. The smallest absolute Gasteiger partial charge is 0.0916 e. The Morgan fingerprint density at radius 3 is 2.67 bits per heavy atom. The van der Waals surface area contributed by atoms with Crippen molar-refractivity contribution in [1.82, 2.24) is 4.90 Å². The summed E-state index contributed by atoms with van der Waals surface area (Å²) < 4.78 is 0. The van der Waals surface area contributed by atoms with Crippen molar-refractivity contribution in [3.63, 3.8) is 0 Å². The van der Waals surface area contributed by atoms with Crippen molar-refractivity contribution in [2.24, 2.45) is 11.7 Å². The lowest BCUT2D eigenvalue weighted by molar-refractivity contribution is 0.124. The predicted octanol–water partition coefficient (Wildman–Crippen LogP) is 1.91. The van der Waals surface area contributed by atoms with Crippen LogP contribution < -0.4 is 5.73 Å². The number of β-amino-alcohol motifs (C(OH)–C–C–N with tert-alkyl or cyclic N) is 1. The van der Waals surface area contributed by atoms with Crippen LogP contribution in [0.25, 0.3) is 0 Å². The molecule has 0 saturated carbocycles. The van der Waals surface area contributed by atoms with Crippen LogP contribution >= 0.6 is 0 Å². The average molecular weight is 248 g/mol. The van der Waals surface area contributed by atoms with Crippen LogP contribution in [-0.4, -0.2) is 29.6 Å². The van der Waals surface area contributed by atoms with Gasteiger partial charge in [-0.3, -0.25) is 0 Å². The summed E-state index contributed by atoms with van der Waals surface area (Å²) in [6.07, 6.45) is 2.14. The van der Waals surface area contributed by atoms with Crippen molar-refractivity contribution in [3.05, 3.63) is 35.4 Å². The summed E-state index contributed by atoms with van der Waals surface area (Å²) >= 11 is 0. The molecule has 0 spiro atoms. The van der Waals surface area contributed by atoms with Crippen molar-refractivity contribution in [3.8, 4) is 0 Å². The first-order valence-corrected chi connectivity index (χ1v) is 6.92. The van der Waals surface area contributed by atoms with E-state index in [-0.39, 0.29) is 6.10 Å². The molecule has 2 unspecified atom stereocenters. The van der Waals surface area contributed by atoms with Crippen LogP contribution in [0.1, 0.15) is 37.0 Å². The summed E-state index contributed by atoms with van der Waals surface area (Å²) in [4.78, 5) is 2.37. The van der Waals surface area contributed by atoms with Gasteiger partial charge in [0.05, 0.1) is 6.10 Å². The minimum absolute atomic E-state index is 0.382. The lowest BCUT2D eigenvalue weighted by Gasteiger charge is -2.20. The fraction of sp³-hybridized carbons (Fsp3) is 0.600. The highest BCUT2D eigenvalue weighted by Crippen LogP contribution is 2.22. The van der Waals surface area contributed by atoms with E-state index >= 15 is 0 Å². The van der Waals surface area contributed by atoms with Crippen LogP contribution in [0.2, 0.25) is 0 Å². The van der Waals surface area contributed by atoms with E-state index in [1.54, 1.807) is 0 Å². The van der Waals surface area contributed by atoms with Gasteiger partial charge in [-0.25, -0.2) is 0 Å². The van der Waals surface area contributed by atoms with E-state index in [0.29, 0.717) is 6.54 Å². The Balaban J connectivity index is 1.89. The zero-order chi connectivity index (χ0) is 13.0. The lowest BCUT2D eigenvalue weighted by Crippen LogP contribution is -2.26. The number of hydrogen-bond acceptors (Lipinski definition) is 3. The highest BCUT2D eigenvalue weighted by molar-refractivity contribution is 5.24. The molecule has 0 amide bonds. The lowest BCUT2D eigenvalue weighted by atomic mass is 10.1. The second-order valence-corrected chi connectivity index (χ2v) is 5.28. The number of nitrogens with zero attached hydrogens (tertiary/aromatic N) is 1. The fourth-order valence-electron chi connectivity index (χ4n) is 2.64. The molecule has 3 heteroatoms. The summed E-state index contributed by atoms with van der Waals surface area (Å²) in [5, 5.41) is 10.2. The number of rotatable bonds is 5. The van der Waals surface area contributed by atoms with Crippen molar-refractivity contribution in [1.29, 1.82) is 0 Å². The topological polar surface area (TPSA) is 49.5 Å². The molecule has 2 rings (SSSR count). The minimum Gasteiger partial charge on any atom is -0.387 e. The normalized spacial score (nSPS) is 22.3. The number of aliphatic hydroxyl groups is 1. The third-order valence-electron chi connectivity index (χ3n) is 3.98. The first-order valence-electron chi connectivity index (χ1n) is 6.92. The number of benzene rings is 1. The third-order valence-corrected chi connectivity index (χ3v) is 3.98. The second kappa shape index (κ2) is 6.32. The van der Waals surface area contributed by atoms with E-state index in [1.165, 1.54) is 12.8 Å². The Hall–Kier alpha value is -0.900. The maximum Gasteiger partial charge on any atom is 0.0916 e. The van der Waals surface area contributed by atoms with Gasteiger partial charge >= 0.3 is 0 Å². The van der Waals surface area contributed by atoms with Crippen LogP contribution in [0, 0.1) is 5.92 Å². The summed E-state index contributed by atoms with van der Waals surface area (Å²) in [6.45, 7) is 5.81. The standard InChI is InChI=1S/C15H24N2O/c1-2-12-7-8-17(10-12)11-15(18)14-5-3-13(9-16)4-6-14/h3-6,12,15,18H,2,7-11,16H2,1H3. The van der Waals surface area contributed by atoms with Crippen molar-refractivity contribution in [2.45, 2.75) is 32.4 Å². The molecular weight excluding hydrogens is 224 g/mol. The highest BCUT2D eigenvalue weighted by atomic mass is 16.3. The van der Waals surface area contributed by atoms with Crippen LogP contribution in [0.3, 0.4) is 0 Å². The van der Waals surface area contributed by atoms with Gasteiger partial charge < -0.3 is 15.7 Å². The molecule has 2 atom stereocenters. The molecule has 3 N–H and O–H groups in total. The molecule has 18 heavy (non-hydrogen) atoms. The second-order valence-electron chi connectivity index (χ2n) is 5.28. The van der Waals surface area contributed by atoms with Gasteiger partial charge in [0, 0.05) is 19.6 Å². The highest BCUT2D eigenvalue weighted by Gasteiger charge is 2.23. The van der Waals surface area contributed by atoms with E-state index < -0.39 is 0 Å². The monoisotopic (exact) mass is 248 g/mol. The maximum atomic E-state index is 10.2. The first-order chi connectivity index (χ1) is 8.72. The molecule has 0 aliphatic carbocycles. The van der Waals surface area contributed by atoms with E-state index in [9.17, 15) is 5.11 Å². The Kier molecular flexibility index (Phi) is 4.75. The van der Waals surface area contributed by atoms with E-state index in [4.69, 9.17) is 5.73 Å². The first kappa shape index (κ1) is 13.5. The van der Waals surface area contributed by atoms with Gasteiger partial charge in [0.15, 0.2) is 0 Å². The van der Waals surface area contributed by atoms with Crippen molar-refractivity contribution in [2.75, 3.05) is 19.6 Å².